The molecule has 2 aromatic rings. The highest BCUT2D eigenvalue weighted by Crippen LogP contribution is 2.36. The highest BCUT2D eigenvalue weighted by Gasteiger charge is 2.28. The van der Waals surface area contributed by atoms with Gasteiger partial charge in [-0.1, -0.05) is 44.7 Å². The number of nitrogens with one attached hydrogen (secondary N) is 1. The minimum atomic E-state index is -4.44. The van der Waals surface area contributed by atoms with Gasteiger partial charge < -0.3 is 24.6 Å². The van der Waals surface area contributed by atoms with E-state index in [4.69, 9.17) is 9.47 Å². The van der Waals surface area contributed by atoms with Crippen LogP contribution >= 0.6 is 7.60 Å². The largest absolute Gasteiger partial charge is 0.487 e. The van der Waals surface area contributed by atoms with Crippen LogP contribution in [0, 0.1) is 0 Å². The Hall–Kier alpha value is -2.88. The van der Waals surface area contributed by atoms with Crippen LogP contribution in [-0.2, 0) is 16.0 Å². The molecular formula is C26H34F3N2O6P. The predicted octanol–water partition coefficient (Wildman–Crippen LogP) is 5.99. The van der Waals surface area contributed by atoms with Gasteiger partial charge in [0.2, 0.25) is 5.91 Å². The average molecular weight is 559 g/mol. The molecule has 3 N–H and O–H groups in total. The number of halogens is 3. The van der Waals surface area contributed by atoms with Crippen molar-refractivity contribution >= 4 is 19.6 Å². The van der Waals surface area contributed by atoms with E-state index >= 15 is 0 Å². The summed E-state index contributed by atoms with van der Waals surface area (Å²) in [4.78, 5) is 34.9. The Balaban J connectivity index is 1.97. The van der Waals surface area contributed by atoms with Gasteiger partial charge in [0.15, 0.2) is 6.61 Å². The number of benzene rings is 1. The monoisotopic (exact) mass is 558 g/mol. The molecule has 12 heteroatoms. The van der Waals surface area contributed by atoms with Gasteiger partial charge in [0, 0.05) is 24.4 Å². The summed E-state index contributed by atoms with van der Waals surface area (Å²) in [5.74, 6) is 0.299. The van der Waals surface area contributed by atoms with Gasteiger partial charge in [-0.3, -0.25) is 14.3 Å². The quantitative estimate of drug-likeness (QED) is 0.171. The summed E-state index contributed by atoms with van der Waals surface area (Å²) in [5.41, 5.74) is 1.47. The number of carbonyl (C=O) groups excluding carboxylic acids is 1. The van der Waals surface area contributed by atoms with Gasteiger partial charge in [0.1, 0.15) is 18.1 Å². The Morgan fingerprint density at radius 2 is 1.74 bits per heavy atom. The molecule has 1 heterocycles. The van der Waals surface area contributed by atoms with Crippen LogP contribution in [-0.4, -0.2) is 39.6 Å². The molecule has 0 unspecified atom stereocenters. The molecule has 1 aromatic carbocycles. The van der Waals surface area contributed by atoms with Gasteiger partial charge in [-0.2, -0.15) is 13.2 Å². The third-order valence-corrected chi connectivity index (χ3v) is 6.08. The number of allylic oxidation sites excluding steroid dienone is 1. The van der Waals surface area contributed by atoms with E-state index in [0.29, 0.717) is 29.1 Å². The first-order chi connectivity index (χ1) is 17.9. The number of pyridine rings is 1. The van der Waals surface area contributed by atoms with Crippen molar-refractivity contribution in [3.63, 3.8) is 0 Å². The lowest BCUT2D eigenvalue weighted by Crippen LogP contribution is -2.23. The molecule has 1 amide bonds. The lowest BCUT2D eigenvalue weighted by Gasteiger charge is -2.12. The van der Waals surface area contributed by atoms with Gasteiger partial charge >= 0.3 is 13.8 Å². The van der Waals surface area contributed by atoms with Crippen LogP contribution in [0.2, 0.25) is 0 Å². The molecular weight excluding hydrogens is 524 g/mol. The molecule has 8 nitrogen and oxygen atoms in total. The molecule has 0 spiro atoms. The number of hydrogen-bond acceptors (Lipinski definition) is 5. The van der Waals surface area contributed by atoms with Gasteiger partial charge in [0.05, 0.1) is 11.9 Å². The normalized spacial score (nSPS) is 12.3. The number of amides is 1. The van der Waals surface area contributed by atoms with E-state index in [2.05, 4.69) is 17.2 Å². The van der Waals surface area contributed by atoms with Crippen LogP contribution in [0.25, 0.3) is 6.08 Å². The first kappa shape index (κ1) is 31.3. The fourth-order valence-electron chi connectivity index (χ4n) is 3.38. The molecule has 1 aromatic heterocycles. The van der Waals surface area contributed by atoms with Crippen LogP contribution in [0.15, 0.2) is 48.3 Å². The summed E-state index contributed by atoms with van der Waals surface area (Å²) in [6.45, 7) is 0.711. The van der Waals surface area contributed by atoms with Crippen LogP contribution in [0.3, 0.4) is 0 Å². The molecule has 0 saturated carbocycles. The maximum absolute atomic E-state index is 12.4. The molecule has 0 aliphatic carbocycles. The second kappa shape index (κ2) is 15.5. The predicted molar refractivity (Wildman–Crippen MR) is 138 cm³/mol. The van der Waals surface area contributed by atoms with Gasteiger partial charge in [-0.25, -0.2) is 0 Å². The molecule has 0 fully saturated rings. The number of carbonyl (C=O) groups is 1. The Labute approximate surface area is 220 Å². The Bertz CT molecular complexity index is 1090. The van der Waals surface area contributed by atoms with Gasteiger partial charge in [-0.05, 0) is 42.7 Å². The fraction of sp³-hybridized carbons (Fsp3) is 0.462. The smallest absolute Gasteiger partial charge is 0.422 e. The summed E-state index contributed by atoms with van der Waals surface area (Å²) in [6, 6.07) is 9.42. The average Bonchev–Trinajstić information content (AvgIpc) is 2.85. The van der Waals surface area contributed by atoms with E-state index in [1.165, 1.54) is 18.3 Å². The topological polar surface area (TPSA) is 118 Å². The minimum absolute atomic E-state index is 0.000250. The maximum Gasteiger partial charge on any atom is 0.422 e. The van der Waals surface area contributed by atoms with E-state index in [9.17, 15) is 32.3 Å². The molecule has 0 atom stereocenters. The Kier molecular flexibility index (Phi) is 12.8. The Morgan fingerprint density at radius 3 is 2.39 bits per heavy atom. The highest BCUT2D eigenvalue weighted by molar-refractivity contribution is 7.51. The second-order valence-corrected chi connectivity index (χ2v) is 10.5. The first-order valence-corrected chi connectivity index (χ1v) is 14.2. The summed E-state index contributed by atoms with van der Waals surface area (Å²) in [7, 11) is -4.25. The van der Waals surface area contributed by atoms with Crippen LogP contribution in [0.1, 0.15) is 63.1 Å². The number of alkyl halides is 3. The fourth-order valence-corrected chi connectivity index (χ4v) is 3.91. The van der Waals surface area contributed by atoms with Crippen molar-refractivity contribution in [3.8, 4) is 11.5 Å². The van der Waals surface area contributed by atoms with Crippen molar-refractivity contribution in [2.45, 2.75) is 64.7 Å². The number of ether oxygens (including phenoxy) is 2. The summed E-state index contributed by atoms with van der Waals surface area (Å²) >= 11 is 0. The molecule has 0 bridgehead atoms. The number of rotatable bonds is 16. The third-order valence-electron chi connectivity index (χ3n) is 5.28. The maximum atomic E-state index is 12.4. The number of unbranched alkanes of at least 4 members (excludes halogenated alkanes) is 4. The van der Waals surface area contributed by atoms with Gasteiger partial charge in [-0.15, -0.1) is 0 Å². The standard InChI is InChI=1S/C26H34F3N2O6P/c1-2-3-4-5-6-7-25(32)31-21(13-15-38(33,34)35)16-20-8-10-23(11-9-20)36-18-22-17-24(12-14-30-22)37-19-26(27,28)29/h8-12,14,16-17H,2-7,13,15,18-19H2,1H3,(H,31,32)(H2,33,34,35)/b21-16+. The van der Waals surface area contributed by atoms with Crippen molar-refractivity contribution in [1.29, 1.82) is 0 Å². The number of hydrogen-bond donors (Lipinski definition) is 3. The van der Waals surface area contributed by atoms with Crippen LogP contribution < -0.4 is 14.8 Å². The summed E-state index contributed by atoms with van der Waals surface area (Å²) in [5, 5.41) is 2.77. The van der Waals surface area contributed by atoms with Gasteiger partial charge in [0.25, 0.3) is 0 Å². The van der Waals surface area contributed by atoms with E-state index in [1.54, 1.807) is 30.3 Å². The van der Waals surface area contributed by atoms with Crippen molar-refractivity contribution in [2.24, 2.45) is 0 Å². The number of nitrogens with zero attached hydrogens (tertiary/aromatic N) is 1. The molecule has 210 valence electrons. The zero-order valence-corrected chi connectivity index (χ0v) is 22.1. The van der Waals surface area contributed by atoms with E-state index in [-0.39, 0.29) is 24.7 Å². The molecule has 0 aliphatic heterocycles. The lowest BCUT2D eigenvalue weighted by atomic mass is 10.1. The van der Waals surface area contributed by atoms with E-state index in [1.807, 2.05) is 0 Å². The second-order valence-electron chi connectivity index (χ2n) is 8.76. The minimum Gasteiger partial charge on any atom is -0.487 e. The molecule has 2 rings (SSSR count). The van der Waals surface area contributed by atoms with E-state index < -0.39 is 26.5 Å². The van der Waals surface area contributed by atoms with Crippen molar-refractivity contribution < 1.29 is 41.8 Å². The summed E-state index contributed by atoms with van der Waals surface area (Å²) < 4.78 is 58.7. The highest BCUT2D eigenvalue weighted by atomic mass is 31.2. The third kappa shape index (κ3) is 14.2. The Morgan fingerprint density at radius 1 is 1.03 bits per heavy atom. The van der Waals surface area contributed by atoms with Crippen LogP contribution in [0.5, 0.6) is 11.5 Å². The van der Waals surface area contributed by atoms with E-state index in [0.717, 1.165) is 32.1 Å². The van der Waals surface area contributed by atoms with Crippen molar-refractivity contribution in [2.75, 3.05) is 12.8 Å². The van der Waals surface area contributed by atoms with Crippen molar-refractivity contribution in [3.05, 3.63) is 59.5 Å². The molecule has 0 radical (unpaired) electrons. The molecule has 0 aliphatic rings. The number of aromatic nitrogens is 1. The van der Waals surface area contributed by atoms with Crippen LogP contribution in [0.4, 0.5) is 13.2 Å². The molecule has 0 saturated heterocycles. The molecule has 38 heavy (non-hydrogen) atoms. The summed E-state index contributed by atoms with van der Waals surface area (Å²) in [6.07, 6.45) is 3.46. The first-order valence-electron chi connectivity index (χ1n) is 12.4. The lowest BCUT2D eigenvalue weighted by molar-refractivity contribution is -0.153. The zero-order valence-electron chi connectivity index (χ0n) is 21.2. The SMILES string of the molecule is CCCCCCCC(=O)N/C(=C/c1ccc(OCc2cc(OCC(F)(F)F)ccn2)cc1)CCP(=O)(O)O. The van der Waals surface area contributed by atoms with Crippen molar-refractivity contribution in [1.82, 2.24) is 10.3 Å². The zero-order chi connectivity index (χ0) is 28.0.